The van der Waals surface area contributed by atoms with Gasteiger partial charge in [-0.25, -0.2) is 0 Å². The van der Waals surface area contributed by atoms with Crippen molar-refractivity contribution in [1.82, 2.24) is 4.90 Å². The number of aryl methyl sites for hydroxylation is 2. The Balaban J connectivity index is 1.25. The van der Waals surface area contributed by atoms with E-state index in [0.717, 1.165) is 24.4 Å². The minimum Gasteiger partial charge on any atom is -0.385 e. The summed E-state index contributed by atoms with van der Waals surface area (Å²) in [5.74, 6) is 2.87. The van der Waals surface area contributed by atoms with Crippen molar-refractivity contribution in [2.24, 2.45) is 17.8 Å². The van der Waals surface area contributed by atoms with Gasteiger partial charge in [-0.2, -0.15) is 0 Å². The van der Waals surface area contributed by atoms with Gasteiger partial charge in [0.15, 0.2) is 0 Å². The highest BCUT2D eigenvalue weighted by atomic mass is 16.5. The summed E-state index contributed by atoms with van der Waals surface area (Å²) in [7, 11) is 1.81. The maximum absolute atomic E-state index is 5.19. The minimum absolute atomic E-state index is 0.872. The highest BCUT2D eigenvalue weighted by molar-refractivity contribution is 5.51. The molecule has 3 rings (SSSR count). The molecular formula is C29H50N2O. The molecule has 2 fully saturated rings. The Morgan fingerprint density at radius 3 is 2.19 bits per heavy atom. The zero-order valence-corrected chi connectivity index (χ0v) is 21.6. The molecule has 0 bridgehead atoms. The van der Waals surface area contributed by atoms with Crippen molar-refractivity contribution in [3.8, 4) is 0 Å². The Bertz CT molecular complexity index is 645. The molecule has 2 aliphatic rings. The Morgan fingerprint density at radius 2 is 1.53 bits per heavy atom. The summed E-state index contributed by atoms with van der Waals surface area (Å²) in [4.78, 5) is 5.29. The maximum atomic E-state index is 5.19. The topological polar surface area (TPSA) is 15.7 Å². The third kappa shape index (κ3) is 8.37. The zero-order chi connectivity index (χ0) is 22.8. The van der Waals surface area contributed by atoms with E-state index in [1.165, 1.54) is 114 Å². The first-order chi connectivity index (χ1) is 15.5. The van der Waals surface area contributed by atoms with Crippen LogP contribution in [0, 0.1) is 31.6 Å². The van der Waals surface area contributed by atoms with Crippen LogP contribution in [0.15, 0.2) is 18.2 Å². The molecule has 3 heteroatoms. The van der Waals surface area contributed by atoms with Gasteiger partial charge in [0, 0.05) is 45.6 Å². The first-order valence-corrected chi connectivity index (χ1v) is 13.6. The van der Waals surface area contributed by atoms with Gasteiger partial charge in [0.05, 0.1) is 0 Å². The summed E-state index contributed by atoms with van der Waals surface area (Å²) in [6, 6.07) is 6.95. The van der Waals surface area contributed by atoms with Crippen LogP contribution in [0.1, 0.15) is 82.3 Å². The summed E-state index contributed by atoms with van der Waals surface area (Å²) in [5.41, 5.74) is 4.22. The molecule has 0 N–H and O–H groups in total. The summed E-state index contributed by atoms with van der Waals surface area (Å²) in [5, 5.41) is 0. The maximum Gasteiger partial charge on any atom is 0.0462 e. The summed E-state index contributed by atoms with van der Waals surface area (Å²) in [6.45, 7) is 13.9. The number of ether oxygens (including phenoxy) is 1. The lowest BCUT2D eigenvalue weighted by Crippen LogP contribution is -2.47. The van der Waals surface area contributed by atoms with Crippen molar-refractivity contribution in [3.05, 3.63) is 29.3 Å². The van der Waals surface area contributed by atoms with Crippen LogP contribution in [0.25, 0.3) is 0 Å². The molecule has 1 aliphatic carbocycles. The third-order valence-electron chi connectivity index (χ3n) is 8.40. The monoisotopic (exact) mass is 442 g/mol. The van der Waals surface area contributed by atoms with Crippen LogP contribution >= 0.6 is 0 Å². The van der Waals surface area contributed by atoms with Crippen molar-refractivity contribution < 1.29 is 4.74 Å². The van der Waals surface area contributed by atoms with E-state index in [-0.39, 0.29) is 0 Å². The molecule has 1 saturated carbocycles. The third-order valence-corrected chi connectivity index (χ3v) is 8.40. The smallest absolute Gasteiger partial charge is 0.0462 e. The molecule has 0 spiro atoms. The second kappa shape index (κ2) is 13.6. The van der Waals surface area contributed by atoms with Crippen LogP contribution in [0.2, 0.25) is 0 Å². The zero-order valence-electron chi connectivity index (χ0n) is 21.6. The van der Waals surface area contributed by atoms with Gasteiger partial charge in [-0.15, -0.1) is 0 Å². The number of rotatable bonds is 12. The van der Waals surface area contributed by atoms with Gasteiger partial charge in [0.2, 0.25) is 0 Å². The fourth-order valence-corrected chi connectivity index (χ4v) is 5.80. The van der Waals surface area contributed by atoms with Crippen molar-refractivity contribution >= 4 is 5.69 Å². The lowest BCUT2D eigenvalue weighted by Gasteiger charge is -2.37. The SMILES string of the molecule is COCCCC(C)CCCC1CCC(CCN2CCN(c3ccc(C)c(C)c3)CC2)CC1. The molecule has 32 heavy (non-hydrogen) atoms. The van der Waals surface area contributed by atoms with E-state index in [1.54, 1.807) is 0 Å². The Labute approximate surface area is 198 Å². The molecule has 0 amide bonds. The largest absolute Gasteiger partial charge is 0.385 e. The van der Waals surface area contributed by atoms with Gasteiger partial charge < -0.3 is 9.64 Å². The molecule has 0 aromatic heterocycles. The van der Waals surface area contributed by atoms with Crippen molar-refractivity contribution in [2.75, 3.05) is 51.3 Å². The van der Waals surface area contributed by atoms with E-state index in [1.807, 2.05) is 7.11 Å². The van der Waals surface area contributed by atoms with E-state index in [0.29, 0.717) is 0 Å². The van der Waals surface area contributed by atoms with Crippen LogP contribution in [0.5, 0.6) is 0 Å². The van der Waals surface area contributed by atoms with E-state index in [4.69, 9.17) is 4.74 Å². The van der Waals surface area contributed by atoms with Crippen molar-refractivity contribution in [1.29, 1.82) is 0 Å². The number of methoxy groups -OCH3 is 1. The molecule has 1 unspecified atom stereocenters. The first kappa shape index (κ1) is 25.6. The average molecular weight is 443 g/mol. The van der Waals surface area contributed by atoms with Gasteiger partial charge in [-0.05, 0) is 80.7 Å². The van der Waals surface area contributed by atoms with Crippen LogP contribution < -0.4 is 4.90 Å². The van der Waals surface area contributed by atoms with Crippen LogP contribution in [0.3, 0.4) is 0 Å². The predicted molar refractivity (Wildman–Crippen MR) is 139 cm³/mol. The standard InChI is InChI=1S/C29H50N2O/c1-24(8-6-22-32-4)7-5-9-27-11-13-28(14-12-27)16-17-30-18-20-31(21-19-30)29-15-10-25(2)26(3)23-29/h10,15,23-24,27-28H,5-9,11-14,16-22H2,1-4H3. The Kier molecular flexibility index (Phi) is 10.9. The summed E-state index contributed by atoms with van der Waals surface area (Å²) in [6.07, 6.45) is 14.3. The Morgan fingerprint density at radius 1 is 0.875 bits per heavy atom. The second-order valence-electron chi connectivity index (χ2n) is 10.9. The van der Waals surface area contributed by atoms with E-state index >= 15 is 0 Å². The van der Waals surface area contributed by atoms with Gasteiger partial charge >= 0.3 is 0 Å². The van der Waals surface area contributed by atoms with Crippen LogP contribution in [-0.4, -0.2) is 51.3 Å². The number of anilines is 1. The highest BCUT2D eigenvalue weighted by Gasteiger charge is 2.23. The molecule has 1 aliphatic heterocycles. The molecule has 1 saturated heterocycles. The van der Waals surface area contributed by atoms with Gasteiger partial charge in [0.25, 0.3) is 0 Å². The van der Waals surface area contributed by atoms with Crippen LogP contribution in [0.4, 0.5) is 5.69 Å². The van der Waals surface area contributed by atoms with Crippen LogP contribution in [-0.2, 0) is 4.74 Å². The molecule has 182 valence electrons. The first-order valence-electron chi connectivity index (χ1n) is 13.6. The van der Waals surface area contributed by atoms with Gasteiger partial charge in [-0.1, -0.05) is 57.9 Å². The highest BCUT2D eigenvalue weighted by Crippen LogP contribution is 2.34. The predicted octanol–water partition coefficient (Wildman–Crippen LogP) is 6.85. The van der Waals surface area contributed by atoms with E-state index in [9.17, 15) is 0 Å². The average Bonchev–Trinajstić information content (AvgIpc) is 2.81. The molecule has 0 radical (unpaired) electrons. The van der Waals surface area contributed by atoms with Gasteiger partial charge in [0.1, 0.15) is 0 Å². The molecule has 3 nitrogen and oxygen atoms in total. The molecule has 1 heterocycles. The summed E-state index contributed by atoms with van der Waals surface area (Å²) >= 11 is 0. The molecule has 1 aromatic rings. The molecule has 1 atom stereocenters. The normalized spacial score (nSPS) is 23.4. The Hall–Kier alpha value is -1.06. The fraction of sp³-hybridized carbons (Fsp3) is 0.793. The second-order valence-corrected chi connectivity index (χ2v) is 10.9. The number of hydrogen-bond acceptors (Lipinski definition) is 3. The molecule has 1 aromatic carbocycles. The molecular weight excluding hydrogens is 392 g/mol. The number of nitrogens with zero attached hydrogens (tertiary/aromatic N) is 2. The lowest BCUT2D eigenvalue weighted by molar-refractivity contribution is 0.185. The van der Waals surface area contributed by atoms with E-state index < -0.39 is 0 Å². The van der Waals surface area contributed by atoms with Crippen molar-refractivity contribution in [3.63, 3.8) is 0 Å². The number of benzene rings is 1. The quantitative estimate of drug-likeness (QED) is 0.329. The lowest BCUT2D eigenvalue weighted by atomic mass is 9.78. The van der Waals surface area contributed by atoms with Crippen molar-refractivity contribution in [2.45, 2.75) is 85.0 Å². The number of hydrogen-bond donors (Lipinski definition) is 0. The van der Waals surface area contributed by atoms with Gasteiger partial charge in [-0.3, -0.25) is 4.90 Å². The number of piperazine rings is 1. The fourth-order valence-electron chi connectivity index (χ4n) is 5.80. The summed E-state index contributed by atoms with van der Waals surface area (Å²) < 4.78 is 5.19. The van der Waals surface area contributed by atoms with E-state index in [2.05, 4.69) is 48.8 Å². The minimum atomic E-state index is 0.872.